The minimum atomic E-state index is -0.127. The smallest absolute Gasteiger partial charge is 0.162 e. The number of rotatable bonds is 5. The molecule has 16 heavy (non-hydrogen) atoms. The third kappa shape index (κ3) is 3.14. The number of aromatic hydroxyl groups is 1. The Morgan fingerprint density at radius 2 is 2.00 bits per heavy atom. The predicted molar refractivity (Wildman–Crippen MR) is 65.7 cm³/mol. The second-order valence-corrected chi connectivity index (χ2v) is 4.48. The van der Waals surface area contributed by atoms with Crippen LogP contribution in [0.4, 0.5) is 0 Å². The van der Waals surface area contributed by atoms with Crippen molar-refractivity contribution in [3.05, 3.63) is 23.8 Å². The molecule has 1 atom stereocenters. The molecule has 90 valence electrons. The minimum absolute atomic E-state index is 0.127. The van der Waals surface area contributed by atoms with E-state index in [0.717, 1.165) is 18.4 Å². The first-order chi connectivity index (χ1) is 7.56. The first-order valence-corrected chi connectivity index (χ1v) is 5.67. The maximum atomic E-state index is 9.92. The van der Waals surface area contributed by atoms with E-state index >= 15 is 0 Å². The van der Waals surface area contributed by atoms with E-state index in [4.69, 9.17) is 10.5 Å². The molecule has 3 heteroatoms. The van der Waals surface area contributed by atoms with Gasteiger partial charge < -0.3 is 15.6 Å². The van der Waals surface area contributed by atoms with Crippen LogP contribution in [0.5, 0.6) is 11.5 Å². The molecule has 3 N–H and O–H groups in total. The van der Waals surface area contributed by atoms with E-state index in [2.05, 4.69) is 13.8 Å². The molecule has 1 aromatic carbocycles. The van der Waals surface area contributed by atoms with Crippen LogP contribution in [0, 0.1) is 5.92 Å². The van der Waals surface area contributed by atoms with Crippen molar-refractivity contribution < 1.29 is 9.84 Å². The summed E-state index contributed by atoms with van der Waals surface area (Å²) in [4.78, 5) is 0. The molecule has 0 saturated heterocycles. The summed E-state index contributed by atoms with van der Waals surface area (Å²) < 4.78 is 5.06. The molecule has 0 heterocycles. The van der Waals surface area contributed by atoms with E-state index in [-0.39, 0.29) is 11.8 Å². The highest BCUT2D eigenvalue weighted by Gasteiger charge is 2.14. The predicted octanol–water partition coefficient (Wildman–Crippen LogP) is 2.84. The number of phenols is 1. The molecule has 0 aliphatic rings. The minimum Gasteiger partial charge on any atom is -0.504 e. The Hall–Kier alpha value is -1.22. The van der Waals surface area contributed by atoms with Gasteiger partial charge in [0.05, 0.1) is 7.11 Å². The number of benzene rings is 1. The van der Waals surface area contributed by atoms with Crippen LogP contribution < -0.4 is 10.5 Å². The van der Waals surface area contributed by atoms with Crippen molar-refractivity contribution in [2.24, 2.45) is 11.7 Å². The number of para-hydroxylation sites is 1. The Morgan fingerprint density at radius 3 is 2.56 bits per heavy atom. The van der Waals surface area contributed by atoms with Crippen LogP contribution in [0.15, 0.2) is 18.2 Å². The number of hydrogen-bond acceptors (Lipinski definition) is 3. The topological polar surface area (TPSA) is 55.5 Å². The van der Waals surface area contributed by atoms with Crippen LogP contribution in [0.1, 0.15) is 38.3 Å². The number of hydrogen-bond donors (Lipinski definition) is 2. The summed E-state index contributed by atoms with van der Waals surface area (Å²) >= 11 is 0. The zero-order valence-electron chi connectivity index (χ0n) is 10.2. The SMILES string of the molecule is COc1cccc([C@@H](N)CCC(C)C)c1O. The van der Waals surface area contributed by atoms with E-state index < -0.39 is 0 Å². The van der Waals surface area contributed by atoms with E-state index in [1.165, 1.54) is 0 Å². The summed E-state index contributed by atoms with van der Waals surface area (Å²) in [7, 11) is 1.54. The Bertz CT molecular complexity index is 337. The molecule has 1 aromatic rings. The van der Waals surface area contributed by atoms with Crippen molar-refractivity contribution in [3.63, 3.8) is 0 Å². The molecule has 0 saturated carbocycles. The second kappa shape index (κ2) is 5.75. The zero-order chi connectivity index (χ0) is 12.1. The lowest BCUT2D eigenvalue weighted by Crippen LogP contribution is -2.11. The van der Waals surface area contributed by atoms with Crippen LogP contribution >= 0.6 is 0 Å². The van der Waals surface area contributed by atoms with Gasteiger partial charge in [-0.3, -0.25) is 0 Å². The van der Waals surface area contributed by atoms with Crippen LogP contribution in [0.25, 0.3) is 0 Å². The van der Waals surface area contributed by atoms with Gasteiger partial charge in [-0.05, 0) is 24.8 Å². The third-order valence-electron chi connectivity index (χ3n) is 2.70. The van der Waals surface area contributed by atoms with Gasteiger partial charge in [-0.15, -0.1) is 0 Å². The van der Waals surface area contributed by atoms with Crippen molar-refractivity contribution in [2.45, 2.75) is 32.7 Å². The van der Waals surface area contributed by atoms with Crippen molar-refractivity contribution in [3.8, 4) is 11.5 Å². The fraction of sp³-hybridized carbons (Fsp3) is 0.538. The number of methoxy groups -OCH3 is 1. The molecule has 1 rings (SSSR count). The fourth-order valence-corrected chi connectivity index (χ4v) is 1.67. The highest BCUT2D eigenvalue weighted by molar-refractivity contribution is 5.46. The summed E-state index contributed by atoms with van der Waals surface area (Å²) in [6.07, 6.45) is 1.93. The average molecular weight is 223 g/mol. The summed E-state index contributed by atoms with van der Waals surface area (Å²) in [6.45, 7) is 4.33. The van der Waals surface area contributed by atoms with Crippen LogP contribution in [0.2, 0.25) is 0 Å². The van der Waals surface area contributed by atoms with Crippen molar-refractivity contribution in [2.75, 3.05) is 7.11 Å². The number of ether oxygens (including phenoxy) is 1. The summed E-state index contributed by atoms with van der Waals surface area (Å²) in [6, 6.07) is 5.30. The van der Waals surface area contributed by atoms with Crippen LogP contribution in [-0.2, 0) is 0 Å². The average Bonchev–Trinajstić information content (AvgIpc) is 2.26. The molecular formula is C13H21NO2. The number of nitrogens with two attached hydrogens (primary N) is 1. The van der Waals surface area contributed by atoms with Gasteiger partial charge in [0.1, 0.15) is 0 Å². The maximum absolute atomic E-state index is 9.92. The zero-order valence-corrected chi connectivity index (χ0v) is 10.2. The van der Waals surface area contributed by atoms with Crippen LogP contribution in [-0.4, -0.2) is 12.2 Å². The molecule has 0 aliphatic heterocycles. The van der Waals surface area contributed by atoms with E-state index in [1.54, 1.807) is 13.2 Å². The van der Waals surface area contributed by atoms with E-state index in [9.17, 15) is 5.11 Å². The summed E-state index contributed by atoms with van der Waals surface area (Å²) in [5.41, 5.74) is 6.82. The fourth-order valence-electron chi connectivity index (χ4n) is 1.67. The van der Waals surface area contributed by atoms with Gasteiger partial charge in [-0.1, -0.05) is 26.0 Å². The Balaban J connectivity index is 2.78. The van der Waals surface area contributed by atoms with Crippen molar-refractivity contribution in [1.29, 1.82) is 0 Å². The molecule has 0 aliphatic carbocycles. The van der Waals surface area contributed by atoms with E-state index in [0.29, 0.717) is 11.7 Å². The Kier molecular flexibility index (Phi) is 4.62. The van der Waals surface area contributed by atoms with Gasteiger partial charge in [0.2, 0.25) is 0 Å². The largest absolute Gasteiger partial charge is 0.504 e. The van der Waals surface area contributed by atoms with Gasteiger partial charge in [-0.25, -0.2) is 0 Å². The van der Waals surface area contributed by atoms with Gasteiger partial charge in [0.25, 0.3) is 0 Å². The van der Waals surface area contributed by atoms with Crippen LogP contribution in [0.3, 0.4) is 0 Å². The summed E-state index contributed by atoms with van der Waals surface area (Å²) in [5.74, 6) is 1.28. The summed E-state index contributed by atoms with van der Waals surface area (Å²) in [5, 5.41) is 9.92. The highest BCUT2D eigenvalue weighted by atomic mass is 16.5. The molecular weight excluding hydrogens is 202 g/mol. The molecule has 0 radical (unpaired) electrons. The highest BCUT2D eigenvalue weighted by Crippen LogP contribution is 2.34. The van der Waals surface area contributed by atoms with Gasteiger partial charge in [0, 0.05) is 11.6 Å². The normalized spacial score (nSPS) is 12.8. The molecule has 0 bridgehead atoms. The first kappa shape index (κ1) is 12.8. The lowest BCUT2D eigenvalue weighted by molar-refractivity contribution is 0.366. The number of phenolic OH excluding ortho intramolecular Hbond substituents is 1. The van der Waals surface area contributed by atoms with Gasteiger partial charge in [-0.2, -0.15) is 0 Å². The monoisotopic (exact) mass is 223 g/mol. The van der Waals surface area contributed by atoms with Crippen molar-refractivity contribution in [1.82, 2.24) is 0 Å². The lowest BCUT2D eigenvalue weighted by atomic mass is 9.97. The Morgan fingerprint density at radius 1 is 1.31 bits per heavy atom. The van der Waals surface area contributed by atoms with E-state index in [1.807, 2.05) is 12.1 Å². The Labute approximate surface area is 97.2 Å². The molecule has 0 aromatic heterocycles. The molecule has 0 amide bonds. The standard InChI is InChI=1S/C13H21NO2/c1-9(2)7-8-11(14)10-5-4-6-12(16-3)13(10)15/h4-6,9,11,15H,7-8,14H2,1-3H3/t11-/m0/s1. The van der Waals surface area contributed by atoms with Gasteiger partial charge in [0.15, 0.2) is 11.5 Å². The molecule has 3 nitrogen and oxygen atoms in total. The third-order valence-corrected chi connectivity index (χ3v) is 2.70. The molecule has 0 spiro atoms. The molecule has 0 fully saturated rings. The first-order valence-electron chi connectivity index (χ1n) is 5.67. The van der Waals surface area contributed by atoms with Gasteiger partial charge >= 0.3 is 0 Å². The molecule has 0 unspecified atom stereocenters. The second-order valence-electron chi connectivity index (χ2n) is 4.48. The quantitative estimate of drug-likeness (QED) is 0.807. The maximum Gasteiger partial charge on any atom is 0.162 e. The lowest BCUT2D eigenvalue weighted by Gasteiger charge is -2.16. The van der Waals surface area contributed by atoms with Crippen molar-refractivity contribution >= 4 is 0 Å².